The molecule has 1 atom stereocenters. The molecule has 0 aliphatic rings. The molecule has 2 aromatic heterocycles. The Morgan fingerprint density at radius 2 is 2.28 bits per heavy atom. The number of nitrogens with zero attached hydrogens (tertiary/aromatic N) is 3. The maximum Gasteiger partial charge on any atom is 0.182 e. The van der Waals surface area contributed by atoms with Crippen molar-refractivity contribution in [2.75, 3.05) is 11.9 Å². The number of aliphatic hydroxyl groups is 1. The molecule has 6 heteroatoms. The van der Waals surface area contributed by atoms with Crippen LogP contribution in [0, 0.1) is 11.3 Å². The Morgan fingerprint density at radius 1 is 1.44 bits per heavy atom. The molecule has 18 heavy (non-hydrogen) atoms. The predicted molar refractivity (Wildman–Crippen MR) is 69.1 cm³/mol. The summed E-state index contributed by atoms with van der Waals surface area (Å²) in [6, 6.07) is 5.88. The van der Waals surface area contributed by atoms with Crippen LogP contribution in [0.15, 0.2) is 29.9 Å². The fourth-order valence-corrected chi connectivity index (χ4v) is 2.41. The molecular formula is C12H12N4OS. The van der Waals surface area contributed by atoms with Crippen molar-refractivity contribution in [1.82, 2.24) is 9.97 Å². The summed E-state index contributed by atoms with van der Waals surface area (Å²) >= 11 is 1.60. The highest BCUT2D eigenvalue weighted by Gasteiger charge is 2.14. The molecule has 0 bridgehead atoms. The number of hydrogen-bond donors (Lipinski definition) is 2. The van der Waals surface area contributed by atoms with Gasteiger partial charge in [-0.25, -0.2) is 9.97 Å². The first-order valence-corrected chi connectivity index (χ1v) is 6.35. The number of aromatic nitrogens is 2. The van der Waals surface area contributed by atoms with E-state index in [4.69, 9.17) is 10.4 Å². The smallest absolute Gasteiger partial charge is 0.182 e. The third-order valence-corrected chi connectivity index (χ3v) is 3.41. The van der Waals surface area contributed by atoms with E-state index < -0.39 is 0 Å². The molecule has 0 saturated heterocycles. The molecule has 0 aliphatic carbocycles. The Bertz CT molecular complexity index is 535. The van der Waals surface area contributed by atoms with E-state index in [0.717, 1.165) is 4.88 Å². The Kier molecular flexibility index (Phi) is 4.23. The summed E-state index contributed by atoms with van der Waals surface area (Å²) in [5.41, 5.74) is 0.261. The van der Waals surface area contributed by atoms with Gasteiger partial charge < -0.3 is 10.4 Å². The van der Waals surface area contributed by atoms with Gasteiger partial charge in [-0.05, 0) is 17.9 Å². The summed E-state index contributed by atoms with van der Waals surface area (Å²) in [5, 5.41) is 23.2. The summed E-state index contributed by atoms with van der Waals surface area (Å²) in [6.07, 6.45) is 3.57. The molecule has 2 N–H and O–H groups in total. The van der Waals surface area contributed by atoms with Gasteiger partial charge in [-0.1, -0.05) is 6.07 Å². The maximum atomic E-state index is 9.10. The van der Waals surface area contributed by atoms with Gasteiger partial charge in [0.05, 0.1) is 6.04 Å². The van der Waals surface area contributed by atoms with E-state index >= 15 is 0 Å². The molecule has 2 heterocycles. The standard InChI is InChI=1S/C12H12N4OS/c13-8-10-12(15-5-4-14-10)16-9(3-6-17)11-2-1-7-18-11/h1-2,4-5,7,9,17H,3,6H2,(H,15,16)/t9-/m0/s1. The lowest BCUT2D eigenvalue weighted by Gasteiger charge is -2.17. The monoisotopic (exact) mass is 260 g/mol. The fraction of sp³-hybridized carbons (Fsp3) is 0.250. The van der Waals surface area contributed by atoms with Gasteiger partial charge in [0, 0.05) is 23.9 Å². The van der Waals surface area contributed by atoms with Gasteiger partial charge in [0.25, 0.3) is 0 Å². The third-order valence-electron chi connectivity index (χ3n) is 2.42. The van der Waals surface area contributed by atoms with Crippen LogP contribution in [-0.4, -0.2) is 21.7 Å². The second-order valence-corrected chi connectivity index (χ2v) is 4.57. The lowest BCUT2D eigenvalue weighted by molar-refractivity contribution is 0.280. The van der Waals surface area contributed by atoms with Crippen molar-refractivity contribution in [3.8, 4) is 6.07 Å². The minimum atomic E-state index is -0.0567. The van der Waals surface area contributed by atoms with Gasteiger partial charge in [-0.3, -0.25) is 0 Å². The number of aliphatic hydroxyl groups excluding tert-OH is 1. The van der Waals surface area contributed by atoms with E-state index in [9.17, 15) is 0 Å². The number of rotatable bonds is 5. The van der Waals surface area contributed by atoms with E-state index in [1.165, 1.54) is 12.4 Å². The van der Waals surface area contributed by atoms with Crippen molar-refractivity contribution in [2.24, 2.45) is 0 Å². The van der Waals surface area contributed by atoms with Crippen LogP contribution in [0.4, 0.5) is 5.82 Å². The SMILES string of the molecule is N#Cc1nccnc1N[C@@H](CCO)c1cccs1. The van der Waals surface area contributed by atoms with Crippen molar-refractivity contribution in [2.45, 2.75) is 12.5 Å². The van der Waals surface area contributed by atoms with Gasteiger partial charge in [0.1, 0.15) is 6.07 Å². The first kappa shape index (κ1) is 12.5. The largest absolute Gasteiger partial charge is 0.396 e. The minimum absolute atomic E-state index is 0.0567. The van der Waals surface area contributed by atoms with Crippen LogP contribution in [0.2, 0.25) is 0 Å². The summed E-state index contributed by atoms with van der Waals surface area (Å²) in [4.78, 5) is 9.15. The highest BCUT2D eigenvalue weighted by molar-refractivity contribution is 7.10. The summed E-state index contributed by atoms with van der Waals surface area (Å²) < 4.78 is 0. The molecule has 0 saturated carbocycles. The average molecular weight is 260 g/mol. The zero-order valence-electron chi connectivity index (χ0n) is 9.58. The normalized spacial score (nSPS) is 11.8. The van der Waals surface area contributed by atoms with Crippen LogP contribution in [0.3, 0.4) is 0 Å². The van der Waals surface area contributed by atoms with Crippen molar-refractivity contribution < 1.29 is 5.11 Å². The number of nitrogens with one attached hydrogen (secondary N) is 1. The molecule has 5 nitrogen and oxygen atoms in total. The molecule has 0 radical (unpaired) electrons. The number of hydrogen-bond acceptors (Lipinski definition) is 6. The van der Waals surface area contributed by atoms with Crippen LogP contribution in [-0.2, 0) is 0 Å². The lowest BCUT2D eigenvalue weighted by atomic mass is 10.1. The van der Waals surface area contributed by atoms with E-state index in [1.807, 2.05) is 23.6 Å². The van der Waals surface area contributed by atoms with E-state index in [1.54, 1.807) is 11.3 Å². The number of thiophene rings is 1. The Morgan fingerprint density at radius 3 is 2.94 bits per heavy atom. The van der Waals surface area contributed by atoms with Gasteiger partial charge in [-0.2, -0.15) is 5.26 Å². The molecule has 2 aromatic rings. The third kappa shape index (κ3) is 2.83. The van der Waals surface area contributed by atoms with E-state index in [2.05, 4.69) is 15.3 Å². The minimum Gasteiger partial charge on any atom is -0.396 e. The Balaban J connectivity index is 2.22. The zero-order valence-corrected chi connectivity index (χ0v) is 10.4. The first-order chi connectivity index (χ1) is 8.85. The van der Waals surface area contributed by atoms with E-state index in [-0.39, 0.29) is 18.3 Å². The molecule has 0 amide bonds. The molecule has 92 valence electrons. The quantitative estimate of drug-likeness (QED) is 0.858. The lowest BCUT2D eigenvalue weighted by Crippen LogP contribution is -2.13. The molecule has 0 aliphatic heterocycles. The van der Waals surface area contributed by atoms with Gasteiger partial charge >= 0.3 is 0 Å². The highest BCUT2D eigenvalue weighted by atomic mass is 32.1. The van der Waals surface area contributed by atoms with Gasteiger partial charge in [-0.15, -0.1) is 11.3 Å². The van der Waals surface area contributed by atoms with Crippen LogP contribution in [0.25, 0.3) is 0 Å². The van der Waals surface area contributed by atoms with Crippen molar-refractivity contribution >= 4 is 17.2 Å². The van der Waals surface area contributed by atoms with Crippen LogP contribution in [0.5, 0.6) is 0 Å². The summed E-state index contributed by atoms with van der Waals surface area (Å²) in [6.45, 7) is 0.0672. The van der Waals surface area contributed by atoms with E-state index in [0.29, 0.717) is 12.2 Å². The first-order valence-electron chi connectivity index (χ1n) is 5.47. The Hall–Kier alpha value is -1.97. The average Bonchev–Trinajstić information content (AvgIpc) is 2.92. The highest BCUT2D eigenvalue weighted by Crippen LogP contribution is 2.26. The molecule has 0 fully saturated rings. The zero-order chi connectivity index (χ0) is 12.8. The second-order valence-electron chi connectivity index (χ2n) is 3.59. The fourth-order valence-electron chi connectivity index (χ4n) is 1.59. The van der Waals surface area contributed by atoms with Crippen LogP contribution < -0.4 is 5.32 Å². The van der Waals surface area contributed by atoms with Crippen LogP contribution in [0.1, 0.15) is 23.0 Å². The molecular weight excluding hydrogens is 248 g/mol. The molecule has 0 aromatic carbocycles. The second kappa shape index (κ2) is 6.10. The molecule has 0 unspecified atom stereocenters. The van der Waals surface area contributed by atoms with Gasteiger partial charge in [0.15, 0.2) is 11.5 Å². The topological polar surface area (TPSA) is 81.8 Å². The van der Waals surface area contributed by atoms with Crippen molar-refractivity contribution in [1.29, 1.82) is 5.26 Å². The number of nitriles is 1. The molecule has 2 rings (SSSR count). The Labute approximate surface area is 109 Å². The summed E-state index contributed by atoms with van der Waals surface area (Å²) in [5.74, 6) is 0.451. The van der Waals surface area contributed by atoms with Crippen molar-refractivity contribution in [3.05, 3.63) is 40.5 Å². The van der Waals surface area contributed by atoms with Crippen LogP contribution >= 0.6 is 11.3 Å². The maximum absolute atomic E-state index is 9.10. The predicted octanol–water partition coefficient (Wildman–Crippen LogP) is 1.95. The molecule has 0 spiro atoms. The summed E-state index contributed by atoms with van der Waals surface area (Å²) in [7, 11) is 0. The number of anilines is 1. The van der Waals surface area contributed by atoms with Gasteiger partial charge in [0.2, 0.25) is 0 Å². The van der Waals surface area contributed by atoms with Crippen molar-refractivity contribution in [3.63, 3.8) is 0 Å².